The van der Waals surface area contributed by atoms with Crippen molar-refractivity contribution in [2.45, 2.75) is 49.9 Å². The maximum Gasteiger partial charge on any atom is 0.327 e. The molecular weight excluding hydrogens is 865 g/mol. The Labute approximate surface area is 379 Å². The van der Waals surface area contributed by atoms with Gasteiger partial charge in [-0.15, -0.1) is 0 Å². The minimum Gasteiger partial charge on any atom is -0.493 e. The molecule has 342 valence electrons. The molecule has 0 aromatic heterocycles. The number of benzene rings is 2. The Kier molecular flexibility index (Phi) is 15.8. The second-order valence-corrected chi connectivity index (χ2v) is 17.6. The smallest absolute Gasteiger partial charge is 0.327 e. The Bertz CT molecular complexity index is 2350. The number of hydrogen-bond acceptors (Lipinski definition) is 16. The Morgan fingerprint density at radius 3 is 1.28 bits per heavy atom. The van der Waals surface area contributed by atoms with Gasteiger partial charge in [0, 0.05) is 34.7 Å². The Hall–Kier alpha value is -5.82. The summed E-state index contributed by atoms with van der Waals surface area (Å²) in [5.74, 6) is 0.274. The van der Waals surface area contributed by atoms with Crippen molar-refractivity contribution in [2.75, 3.05) is 78.9 Å². The van der Waals surface area contributed by atoms with Crippen LogP contribution in [0.3, 0.4) is 0 Å². The van der Waals surface area contributed by atoms with E-state index in [1.54, 1.807) is 38.5 Å². The van der Waals surface area contributed by atoms with Crippen molar-refractivity contribution < 1.29 is 48.2 Å². The maximum atomic E-state index is 13.8. The molecule has 4 unspecified atom stereocenters. The lowest BCUT2D eigenvalue weighted by atomic mass is 9.95. The summed E-state index contributed by atoms with van der Waals surface area (Å²) in [6.07, 6.45) is 2.63. The zero-order valence-electron chi connectivity index (χ0n) is 37.0. The van der Waals surface area contributed by atoms with Crippen molar-refractivity contribution in [1.29, 1.82) is 0 Å². The molecule has 64 heavy (non-hydrogen) atoms. The minimum atomic E-state index is -1.22. The molecule has 0 fully saturated rings. The number of ether oxygens (including phenoxy) is 6. The molecule has 0 saturated carbocycles. The molecule has 16 nitrogen and oxygen atoms in total. The highest BCUT2D eigenvalue weighted by Crippen LogP contribution is 2.51. The topological polar surface area (TPSA) is 212 Å². The molecule has 2 aliphatic carbocycles. The molecule has 0 saturated heterocycles. The summed E-state index contributed by atoms with van der Waals surface area (Å²) in [6.45, 7) is 0. The van der Waals surface area contributed by atoms with Crippen LogP contribution in [0.5, 0.6) is 34.5 Å². The fourth-order valence-electron chi connectivity index (χ4n) is 8.42. The van der Waals surface area contributed by atoms with Gasteiger partial charge in [-0.2, -0.15) is 0 Å². The number of methoxy groups -OCH3 is 6. The first-order valence-corrected chi connectivity index (χ1v) is 23.0. The lowest BCUT2D eigenvalue weighted by molar-refractivity contribution is -0.138. The van der Waals surface area contributed by atoms with Crippen molar-refractivity contribution in [3.8, 4) is 56.8 Å². The number of fused-ring (bicyclic) bond motifs is 6. The van der Waals surface area contributed by atoms with Gasteiger partial charge in [-0.1, -0.05) is 33.7 Å². The largest absolute Gasteiger partial charge is 0.493 e. The zero-order chi connectivity index (χ0) is 46.2. The summed E-state index contributed by atoms with van der Waals surface area (Å²) in [6, 6.07) is 10.7. The second kappa shape index (κ2) is 21.2. The number of carbonyl (C=O) groups is 2. The monoisotopic (exact) mass is 918 g/mol. The number of carboxylic acids is 2. The molecule has 18 heteroatoms. The molecule has 4 aromatic rings. The highest BCUT2D eigenvalue weighted by Gasteiger charge is 2.31. The molecule has 0 radical (unpaired) electrons. The molecule has 0 spiro atoms. The third kappa shape index (κ3) is 9.64. The van der Waals surface area contributed by atoms with Gasteiger partial charge in [0.1, 0.15) is 12.1 Å². The lowest BCUT2D eigenvalue weighted by Crippen LogP contribution is -2.34. The predicted octanol–water partition coefficient (Wildman–Crippen LogP) is 6.02. The zero-order valence-corrected chi connectivity index (χ0v) is 38.6. The van der Waals surface area contributed by atoms with Crippen molar-refractivity contribution in [1.82, 2.24) is 10.6 Å². The third-order valence-electron chi connectivity index (χ3n) is 11.6. The van der Waals surface area contributed by atoms with E-state index in [9.17, 15) is 29.4 Å². The van der Waals surface area contributed by atoms with E-state index in [0.29, 0.717) is 71.3 Å². The standard InChI is InChI=1S/C46H54N4O12S2/c1-47-29-13-9-23-17-37(57-3)41(59-5)43(61-7)39(23)25-11-15-31(35(51)19-27(25)29)49-33(45(53)54)21-63-64-22-34(46(55)56)50-32-16-12-26-28(20-36(32)52)30(48-2)14-10-24-18-38(58-4)42(60-6)44(62-8)40(24)26/h11-12,15-20,29-30,33-34,47-48H,9-10,13-14,21-22H2,1-8H3,(H,49,51)(H,50,52)(H,53,54)(H,55,56). The first kappa shape index (κ1) is 47.7. The van der Waals surface area contributed by atoms with Crippen molar-refractivity contribution in [2.24, 2.45) is 0 Å². The van der Waals surface area contributed by atoms with Crippen LogP contribution in [0.15, 0.2) is 58.1 Å². The highest BCUT2D eigenvalue weighted by molar-refractivity contribution is 8.76. The van der Waals surface area contributed by atoms with E-state index < -0.39 is 34.9 Å². The normalized spacial score (nSPS) is 15.9. The van der Waals surface area contributed by atoms with Crippen LogP contribution < -0.4 is 60.5 Å². The van der Waals surface area contributed by atoms with Crippen molar-refractivity contribution >= 4 is 44.9 Å². The third-order valence-corrected chi connectivity index (χ3v) is 14.0. The van der Waals surface area contributed by atoms with Gasteiger partial charge in [-0.25, -0.2) is 9.59 Å². The molecule has 4 aromatic carbocycles. The molecule has 4 atom stereocenters. The minimum absolute atomic E-state index is 0.0301. The van der Waals surface area contributed by atoms with Crippen LogP contribution in [0, 0.1) is 0 Å². The molecule has 0 heterocycles. The van der Waals surface area contributed by atoms with Crippen LogP contribution in [0.4, 0.5) is 11.4 Å². The number of aryl methyl sites for hydroxylation is 2. The maximum absolute atomic E-state index is 13.8. The van der Waals surface area contributed by atoms with E-state index in [1.165, 1.54) is 40.6 Å². The van der Waals surface area contributed by atoms with Gasteiger partial charge < -0.3 is 59.9 Å². The van der Waals surface area contributed by atoms with Gasteiger partial charge in [0.25, 0.3) is 0 Å². The van der Waals surface area contributed by atoms with Crippen molar-refractivity contribution in [3.05, 3.63) is 91.2 Å². The summed E-state index contributed by atoms with van der Waals surface area (Å²) in [4.78, 5) is 52.8. The molecule has 6 rings (SSSR count). The van der Waals surface area contributed by atoms with Gasteiger partial charge in [-0.3, -0.25) is 9.59 Å². The number of nitrogens with one attached hydrogen (secondary N) is 4. The number of aliphatic carboxylic acids is 2. The number of rotatable bonds is 19. The number of carboxylic acid groups (broad SMARTS) is 2. The van der Waals surface area contributed by atoms with E-state index in [0.717, 1.165) is 55.0 Å². The van der Waals surface area contributed by atoms with Gasteiger partial charge >= 0.3 is 11.9 Å². The lowest BCUT2D eigenvalue weighted by Gasteiger charge is -2.19. The summed E-state index contributed by atoms with van der Waals surface area (Å²) in [7, 11) is 15.1. The van der Waals surface area contributed by atoms with Gasteiger partial charge in [0.2, 0.25) is 22.4 Å². The van der Waals surface area contributed by atoms with Gasteiger partial charge in [0.15, 0.2) is 23.0 Å². The van der Waals surface area contributed by atoms with Gasteiger partial charge in [-0.05, 0) is 110 Å². The summed E-state index contributed by atoms with van der Waals surface area (Å²) in [5, 5.41) is 33.0. The average Bonchev–Trinajstić information content (AvgIpc) is 3.69. The second-order valence-electron chi connectivity index (χ2n) is 15.0. The van der Waals surface area contributed by atoms with Crippen LogP contribution in [0.2, 0.25) is 0 Å². The van der Waals surface area contributed by atoms with E-state index in [4.69, 9.17) is 28.4 Å². The first-order chi connectivity index (χ1) is 30.9. The van der Waals surface area contributed by atoms with Crippen LogP contribution in [0.25, 0.3) is 22.3 Å². The molecule has 0 aliphatic heterocycles. The number of anilines is 2. The number of hydrogen-bond donors (Lipinski definition) is 6. The van der Waals surface area contributed by atoms with Crippen LogP contribution in [0.1, 0.15) is 47.2 Å². The van der Waals surface area contributed by atoms with Crippen LogP contribution in [-0.2, 0) is 22.4 Å². The van der Waals surface area contributed by atoms with Crippen LogP contribution in [-0.4, -0.2) is 102 Å². The predicted molar refractivity (Wildman–Crippen MR) is 251 cm³/mol. The highest BCUT2D eigenvalue weighted by atomic mass is 33.1. The van der Waals surface area contributed by atoms with Crippen molar-refractivity contribution in [3.63, 3.8) is 0 Å². The average molecular weight is 919 g/mol. The quantitative estimate of drug-likeness (QED) is 0.0469. The summed E-state index contributed by atoms with van der Waals surface area (Å²) < 4.78 is 34.3. The summed E-state index contributed by atoms with van der Waals surface area (Å²) in [5.41, 5.74) is 5.55. The molecule has 6 N–H and O–H groups in total. The van der Waals surface area contributed by atoms with Gasteiger partial charge in [0.05, 0.1) is 54.0 Å². The summed E-state index contributed by atoms with van der Waals surface area (Å²) >= 11 is 0. The van der Waals surface area contributed by atoms with E-state index in [1.807, 2.05) is 26.2 Å². The molecule has 2 aliphatic rings. The van der Waals surface area contributed by atoms with Crippen LogP contribution >= 0.6 is 21.6 Å². The first-order valence-electron chi connectivity index (χ1n) is 20.5. The Morgan fingerprint density at radius 1 is 0.594 bits per heavy atom. The Morgan fingerprint density at radius 2 is 0.969 bits per heavy atom. The fraction of sp³-hybridized carbons (Fsp3) is 0.391. The molecule has 0 bridgehead atoms. The SMILES string of the molecule is CNC1CCc2cc(OC)c(OC)c(OC)c2-c2ccc(NC(CSSCC(Nc3ccc4c(cc3=O)C(NC)CCc3cc(OC)c(OC)c(OC)c3-4)C(=O)O)C(=O)O)c(=O)cc21. The van der Waals surface area contributed by atoms with E-state index >= 15 is 0 Å². The molecule has 0 amide bonds. The Balaban J connectivity index is 1.22. The van der Waals surface area contributed by atoms with E-state index in [2.05, 4.69) is 21.3 Å². The molecular formula is C46H54N4O12S2. The van der Waals surface area contributed by atoms with E-state index in [-0.39, 0.29) is 35.0 Å². The fourth-order valence-corrected chi connectivity index (χ4v) is 10.7.